The average molecular weight is 208 g/mol. The van der Waals surface area contributed by atoms with Crippen molar-refractivity contribution in [3.8, 4) is 5.75 Å². The van der Waals surface area contributed by atoms with Crippen LogP contribution in [0.15, 0.2) is 18.2 Å². The third-order valence-corrected chi connectivity index (χ3v) is 2.34. The van der Waals surface area contributed by atoms with Crippen LogP contribution in [0.5, 0.6) is 5.75 Å². The Kier molecular flexibility index (Phi) is 4.12. The molecule has 4 heteroatoms. The molecule has 0 aromatic heterocycles. The van der Waals surface area contributed by atoms with E-state index in [0.29, 0.717) is 12.8 Å². The Morgan fingerprint density at radius 3 is 2.87 bits per heavy atom. The van der Waals surface area contributed by atoms with Crippen molar-refractivity contribution in [2.45, 2.75) is 19.8 Å². The number of benzene rings is 1. The Hall–Kier alpha value is -1.55. The first-order valence-corrected chi connectivity index (χ1v) is 4.80. The quantitative estimate of drug-likeness (QED) is 0.439. The zero-order chi connectivity index (χ0) is 11.3. The number of hydrogen-bond acceptors (Lipinski definition) is 3. The number of ether oxygens (including phenoxy) is 1. The number of nitrogens with two attached hydrogens (primary N) is 1. The van der Waals surface area contributed by atoms with Crippen LogP contribution >= 0.6 is 0 Å². The highest BCUT2D eigenvalue weighted by Gasteiger charge is 2.04. The van der Waals surface area contributed by atoms with Gasteiger partial charge in [0.25, 0.3) is 0 Å². The molecule has 0 fully saturated rings. The number of carbonyl (C=O) groups is 1. The van der Waals surface area contributed by atoms with Crippen molar-refractivity contribution in [3.63, 3.8) is 0 Å². The lowest BCUT2D eigenvalue weighted by Crippen LogP contribution is -2.30. The van der Waals surface area contributed by atoms with Gasteiger partial charge in [0.15, 0.2) is 0 Å². The minimum atomic E-state index is -0.155. The molecule has 4 nitrogen and oxygen atoms in total. The van der Waals surface area contributed by atoms with Crippen molar-refractivity contribution < 1.29 is 9.53 Å². The van der Waals surface area contributed by atoms with Gasteiger partial charge in [-0.3, -0.25) is 10.2 Å². The van der Waals surface area contributed by atoms with Crippen LogP contribution < -0.4 is 16.0 Å². The van der Waals surface area contributed by atoms with Gasteiger partial charge in [0.1, 0.15) is 5.75 Å². The number of methoxy groups -OCH3 is 1. The van der Waals surface area contributed by atoms with Gasteiger partial charge in [-0.2, -0.15) is 0 Å². The van der Waals surface area contributed by atoms with E-state index in [2.05, 4.69) is 5.43 Å². The molecule has 15 heavy (non-hydrogen) atoms. The number of carbonyl (C=O) groups excluding carboxylic acids is 1. The van der Waals surface area contributed by atoms with Crippen molar-refractivity contribution in [1.29, 1.82) is 0 Å². The number of hydrazine groups is 1. The number of amides is 1. The molecule has 0 radical (unpaired) electrons. The molecular formula is C11H16N2O2. The fraction of sp³-hybridized carbons (Fsp3) is 0.364. The van der Waals surface area contributed by atoms with Crippen LogP contribution in [0.4, 0.5) is 0 Å². The second-order valence-corrected chi connectivity index (χ2v) is 3.36. The first-order valence-electron chi connectivity index (χ1n) is 4.80. The molecular weight excluding hydrogens is 192 g/mol. The number of hydrogen-bond donors (Lipinski definition) is 2. The predicted octanol–water partition coefficient (Wildman–Crippen LogP) is 0.926. The molecule has 0 unspecified atom stereocenters. The number of nitrogens with one attached hydrogen (secondary N) is 1. The maximum absolute atomic E-state index is 11.0. The number of rotatable bonds is 4. The summed E-state index contributed by atoms with van der Waals surface area (Å²) < 4.78 is 5.12. The molecule has 0 aliphatic rings. The van der Waals surface area contributed by atoms with Gasteiger partial charge >= 0.3 is 0 Å². The summed E-state index contributed by atoms with van der Waals surface area (Å²) in [6.07, 6.45) is 1.07. The highest BCUT2D eigenvalue weighted by atomic mass is 16.5. The molecule has 0 aliphatic heterocycles. The standard InChI is InChI=1S/C11H16N2O2/c1-8-3-5-10(15-2)7-9(8)4-6-11(14)13-12/h3,5,7H,4,6,12H2,1-2H3,(H,13,14). The normalized spacial score (nSPS) is 9.80. The third kappa shape index (κ3) is 3.25. The summed E-state index contributed by atoms with van der Waals surface area (Å²) in [5.41, 5.74) is 4.38. The Morgan fingerprint density at radius 1 is 1.53 bits per heavy atom. The maximum atomic E-state index is 11.0. The molecule has 0 bridgehead atoms. The SMILES string of the molecule is COc1ccc(C)c(CCC(=O)NN)c1. The van der Waals surface area contributed by atoms with E-state index in [1.165, 1.54) is 0 Å². The van der Waals surface area contributed by atoms with Crippen LogP contribution in [-0.4, -0.2) is 13.0 Å². The van der Waals surface area contributed by atoms with Crippen LogP contribution in [0.3, 0.4) is 0 Å². The molecule has 0 spiro atoms. The Morgan fingerprint density at radius 2 is 2.27 bits per heavy atom. The van der Waals surface area contributed by atoms with Crippen molar-refractivity contribution in [2.24, 2.45) is 5.84 Å². The van der Waals surface area contributed by atoms with Gasteiger partial charge in [-0.05, 0) is 36.6 Å². The molecule has 1 aromatic rings. The predicted molar refractivity (Wildman–Crippen MR) is 58.4 cm³/mol. The lowest BCUT2D eigenvalue weighted by molar-refractivity contribution is -0.121. The molecule has 0 saturated heterocycles. The first-order chi connectivity index (χ1) is 7.17. The van der Waals surface area contributed by atoms with Crippen molar-refractivity contribution in [3.05, 3.63) is 29.3 Å². The topological polar surface area (TPSA) is 64.3 Å². The molecule has 1 amide bonds. The minimum absolute atomic E-state index is 0.155. The van der Waals surface area contributed by atoms with Gasteiger partial charge in [0, 0.05) is 6.42 Å². The zero-order valence-corrected chi connectivity index (χ0v) is 9.04. The van der Waals surface area contributed by atoms with E-state index in [4.69, 9.17) is 10.6 Å². The molecule has 1 aromatic carbocycles. The third-order valence-electron chi connectivity index (χ3n) is 2.34. The smallest absolute Gasteiger partial charge is 0.234 e. The van der Waals surface area contributed by atoms with Crippen LogP contribution in [0.2, 0.25) is 0 Å². The van der Waals surface area contributed by atoms with Crippen LogP contribution in [0.25, 0.3) is 0 Å². The van der Waals surface area contributed by atoms with E-state index < -0.39 is 0 Å². The molecule has 0 saturated carbocycles. The Labute approximate surface area is 89.4 Å². The lowest BCUT2D eigenvalue weighted by Gasteiger charge is -2.07. The van der Waals surface area contributed by atoms with Gasteiger partial charge in [-0.25, -0.2) is 5.84 Å². The molecule has 0 heterocycles. The summed E-state index contributed by atoms with van der Waals surface area (Å²) in [6.45, 7) is 2.01. The van der Waals surface area contributed by atoms with Gasteiger partial charge in [-0.1, -0.05) is 6.07 Å². The molecule has 1 rings (SSSR count). The zero-order valence-electron chi connectivity index (χ0n) is 9.04. The van der Waals surface area contributed by atoms with Gasteiger partial charge in [0.2, 0.25) is 5.91 Å². The van der Waals surface area contributed by atoms with E-state index in [0.717, 1.165) is 16.9 Å². The summed E-state index contributed by atoms with van der Waals surface area (Å²) in [6, 6.07) is 5.83. The summed E-state index contributed by atoms with van der Waals surface area (Å²) in [5.74, 6) is 5.66. The number of aryl methyl sites for hydroxylation is 2. The largest absolute Gasteiger partial charge is 0.497 e. The highest BCUT2D eigenvalue weighted by Crippen LogP contribution is 2.18. The summed E-state index contributed by atoms with van der Waals surface area (Å²) in [4.78, 5) is 11.0. The monoisotopic (exact) mass is 208 g/mol. The van der Waals surface area contributed by atoms with Crippen molar-refractivity contribution >= 4 is 5.91 Å². The highest BCUT2D eigenvalue weighted by molar-refractivity contribution is 5.75. The van der Waals surface area contributed by atoms with E-state index in [1.807, 2.05) is 25.1 Å². The van der Waals surface area contributed by atoms with E-state index in [1.54, 1.807) is 7.11 Å². The van der Waals surface area contributed by atoms with Crippen molar-refractivity contribution in [2.75, 3.05) is 7.11 Å². The van der Waals surface area contributed by atoms with Crippen LogP contribution in [0.1, 0.15) is 17.5 Å². The van der Waals surface area contributed by atoms with Gasteiger partial charge < -0.3 is 4.74 Å². The van der Waals surface area contributed by atoms with E-state index >= 15 is 0 Å². The first kappa shape index (κ1) is 11.5. The average Bonchev–Trinajstić information content (AvgIpc) is 2.27. The minimum Gasteiger partial charge on any atom is -0.497 e. The second-order valence-electron chi connectivity index (χ2n) is 3.36. The van der Waals surface area contributed by atoms with Gasteiger partial charge in [0.05, 0.1) is 7.11 Å². The van der Waals surface area contributed by atoms with Crippen LogP contribution in [0, 0.1) is 6.92 Å². The lowest BCUT2D eigenvalue weighted by atomic mass is 10.0. The van der Waals surface area contributed by atoms with Crippen LogP contribution in [-0.2, 0) is 11.2 Å². The molecule has 82 valence electrons. The van der Waals surface area contributed by atoms with E-state index in [-0.39, 0.29) is 5.91 Å². The van der Waals surface area contributed by atoms with E-state index in [9.17, 15) is 4.79 Å². The Bertz CT molecular complexity index is 350. The molecule has 3 N–H and O–H groups in total. The Balaban J connectivity index is 2.70. The fourth-order valence-electron chi connectivity index (χ4n) is 1.36. The molecule has 0 aliphatic carbocycles. The maximum Gasteiger partial charge on any atom is 0.234 e. The summed E-state index contributed by atoms with van der Waals surface area (Å²) in [7, 11) is 1.63. The summed E-state index contributed by atoms with van der Waals surface area (Å²) >= 11 is 0. The van der Waals surface area contributed by atoms with Crippen molar-refractivity contribution in [1.82, 2.24) is 5.43 Å². The second kappa shape index (κ2) is 5.36. The van der Waals surface area contributed by atoms with Gasteiger partial charge in [-0.15, -0.1) is 0 Å². The fourth-order valence-corrected chi connectivity index (χ4v) is 1.36. The summed E-state index contributed by atoms with van der Waals surface area (Å²) in [5, 5.41) is 0. The molecule has 0 atom stereocenters.